The lowest BCUT2D eigenvalue weighted by atomic mass is 10.1. The molecule has 2 aromatic carbocycles. The van der Waals surface area contributed by atoms with Crippen LogP contribution in [-0.4, -0.2) is 5.97 Å². The van der Waals surface area contributed by atoms with Gasteiger partial charge in [-0.3, -0.25) is 0 Å². The summed E-state index contributed by atoms with van der Waals surface area (Å²) in [7, 11) is 0. The molecule has 0 bridgehead atoms. The van der Waals surface area contributed by atoms with Crippen LogP contribution in [0, 0.1) is 5.82 Å². The molecule has 2 aromatic rings. The van der Waals surface area contributed by atoms with E-state index in [0.717, 1.165) is 0 Å². The molecule has 98 valence electrons. The van der Waals surface area contributed by atoms with Gasteiger partial charge in [-0.25, -0.2) is 9.18 Å². The number of carbonyl (C=O) groups excluding carboxylic acids is 1. The molecule has 0 aromatic heterocycles. The minimum absolute atomic E-state index is 0.0135. The van der Waals surface area contributed by atoms with E-state index in [2.05, 4.69) is 0 Å². The summed E-state index contributed by atoms with van der Waals surface area (Å²) >= 11 is 0. The van der Waals surface area contributed by atoms with E-state index in [-0.39, 0.29) is 23.7 Å². The number of hydrogen-bond donors (Lipinski definition) is 2. The molecule has 0 amide bonds. The van der Waals surface area contributed by atoms with Gasteiger partial charge in [0.25, 0.3) is 0 Å². The van der Waals surface area contributed by atoms with Gasteiger partial charge in [0.1, 0.15) is 12.4 Å². The third kappa shape index (κ3) is 3.22. The van der Waals surface area contributed by atoms with E-state index in [9.17, 15) is 9.18 Å². The first-order chi connectivity index (χ1) is 9.06. The molecule has 0 fully saturated rings. The Kier molecular flexibility index (Phi) is 3.66. The fourth-order valence-electron chi connectivity index (χ4n) is 1.62. The van der Waals surface area contributed by atoms with Crippen LogP contribution < -0.4 is 11.5 Å². The quantitative estimate of drug-likeness (QED) is 0.656. The maximum Gasteiger partial charge on any atom is 0.340 e. The van der Waals surface area contributed by atoms with Crippen molar-refractivity contribution in [1.29, 1.82) is 0 Å². The monoisotopic (exact) mass is 260 g/mol. The lowest BCUT2D eigenvalue weighted by Gasteiger charge is -2.07. The van der Waals surface area contributed by atoms with Crippen molar-refractivity contribution in [2.24, 2.45) is 0 Å². The first-order valence-corrected chi connectivity index (χ1v) is 5.63. The summed E-state index contributed by atoms with van der Waals surface area (Å²) in [5, 5.41) is 0. The second-order valence-electron chi connectivity index (χ2n) is 4.05. The molecule has 19 heavy (non-hydrogen) atoms. The predicted octanol–water partition coefficient (Wildman–Crippen LogP) is 2.35. The maximum absolute atomic E-state index is 12.9. The Hall–Kier alpha value is -2.56. The Balaban J connectivity index is 2.05. The molecule has 0 saturated heterocycles. The van der Waals surface area contributed by atoms with Crippen LogP contribution in [0.25, 0.3) is 0 Å². The molecule has 0 saturated carbocycles. The van der Waals surface area contributed by atoms with Gasteiger partial charge >= 0.3 is 5.97 Å². The van der Waals surface area contributed by atoms with Gasteiger partial charge in [-0.15, -0.1) is 0 Å². The van der Waals surface area contributed by atoms with Crippen LogP contribution in [0.3, 0.4) is 0 Å². The van der Waals surface area contributed by atoms with Gasteiger partial charge in [-0.2, -0.15) is 0 Å². The van der Waals surface area contributed by atoms with Gasteiger partial charge < -0.3 is 16.2 Å². The number of ether oxygens (including phenoxy) is 1. The highest BCUT2D eigenvalue weighted by Crippen LogP contribution is 2.17. The number of anilines is 2. The van der Waals surface area contributed by atoms with Crippen LogP contribution in [0.4, 0.5) is 15.8 Å². The highest BCUT2D eigenvalue weighted by Gasteiger charge is 2.11. The summed E-state index contributed by atoms with van der Waals surface area (Å²) in [6.45, 7) is -0.0135. The van der Waals surface area contributed by atoms with Crippen LogP contribution in [-0.2, 0) is 11.3 Å². The predicted molar refractivity (Wildman–Crippen MR) is 70.8 cm³/mol. The molecule has 0 aliphatic heterocycles. The number of rotatable bonds is 3. The Morgan fingerprint density at radius 1 is 1.16 bits per heavy atom. The number of nitrogens with two attached hydrogens (primary N) is 2. The summed E-state index contributed by atoms with van der Waals surface area (Å²) in [6.07, 6.45) is 0. The van der Waals surface area contributed by atoms with Crippen molar-refractivity contribution in [2.45, 2.75) is 6.61 Å². The van der Waals surface area contributed by atoms with Crippen LogP contribution in [0.15, 0.2) is 42.5 Å². The normalized spacial score (nSPS) is 10.2. The SMILES string of the molecule is Nc1ccc(C(=O)OCc2cccc(F)c2)c(N)c1. The average Bonchev–Trinajstić information content (AvgIpc) is 2.36. The van der Waals surface area contributed by atoms with Crippen LogP contribution in [0.1, 0.15) is 15.9 Å². The number of halogens is 1. The van der Waals surface area contributed by atoms with Gasteiger partial charge in [0.05, 0.1) is 5.56 Å². The Bertz CT molecular complexity index is 614. The molecule has 4 N–H and O–H groups in total. The standard InChI is InChI=1S/C14H13FN2O2/c15-10-3-1-2-9(6-10)8-19-14(18)12-5-4-11(16)7-13(12)17/h1-7H,8,16-17H2. The smallest absolute Gasteiger partial charge is 0.340 e. The van der Waals surface area contributed by atoms with Gasteiger partial charge in [-0.1, -0.05) is 12.1 Å². The molecule has 2 rings (SSSR count). The van der Waals surface area contributed by atoms with E-state index < -0.39 is 5.97 Å². The van der Waals surface area contributed by atoms with Crippen molar-refractivity contribution in [3.8, 4) is 0 Å². The van der Waals surface area contributed by atoms with E-state index in [0.29, 0.717) is 11.3 Å². The highest BCUT2D eigenvalue weighted by atomic mass is 19.1. The molecule has 0 unspecified atom stereocenters. The molecule has 0 spiro atoms. The molecule has 0 atom stereocenters. The first-order valence-electron chi connectivity index (χ1n) is 5.63. The molecule has 0 aliphatic carbocycles. The van der Waals surface area contributed by atoms with E-state index >= 15 is 0 Å². The summed E-state index contributed by atoms with van der Waals surface area (Å²) < 4.78 is 18.0. The van der Waals surface area contributed by atoms with Crippen molar-refractivity contribution in [3.05, 3.63) is 59.4 Å². The lowest BCUT2D eigenvalue weighted by Crippen LogP contribution is -2.08. The fraction of sp³-hybridized carbons (Fsp3) is 0.0714. The minimum Gasteiger partial charge on any atom is -0.457 e. The van der Waals surface area contributed by atoms with Gasteiger partial charge in [0, 0.05) is 11.4 Å². The van der Waals surface area contributed by atoms with Crippen LogP contribution in [0.5, 0.6) is 0 Å². The highest BCUT2D eigenvalue weighted by molar-refractivity contribution is 5.95. The Labute approximate surface area is 109 Å². The van der Waals surface area contributed by atoms with E-state index in [1.807, 2.05) is 0 Å². The summed E-state index contributed by atoms with van der Waals surface area (Å²) in [5.74, 6) is -0.942. The Morgan fingerprint density at radius 3 is 2.63 bits per heavy atom. The summed E-state index contributed by atoms with van der Waals surface area (Å²) in [5.41, 5.74) is 12.7. The van der Waals surface area contributed by atoms with E-state index in [1.165, 1.54) is 24.3 Å². The number of esters is 1. The zero-order valence-electron chi connectivity index (χ0n) is 10.1. The summed E-state index contributed by atoms with van der Waals surface area (Å²) in [4.78, 5) is 11.8. The molecule has 4 nitrogen and oxygen atoms in total. The van der Waals surface area contributed by atoms with Crippen molar-refractivity contribution >= 4 is 17.3 Å². The average molecular weight is 260 g/mol. The molecule has 0 heterocycles. The lowest BCUT2D eigenvalue weighted by molar-refractivity contribution is 0.0473. The molecule has 0 aliphatic rings. The van der Waals surface area contributed by atoms with Crippen molar-refractivity contribution in [2.75, 3.05) is 11.5 Å². The number of carbonyl (C=O) groups is 1. The Morgan fingerprint density at radius 2 is 1.95 bits per heavy atom. The van der Waals surface area contributed by atoms with Gasteiger partial charge in [0.2, 0.25) is 0 Å². The minimum atomic E-state index is -0.568. The zero-order chi connectivity index (χ0) is 13.8. The third-order valence-corrected chi connectivity index (χ3v) is 2.55. The maximum atomic E-state index is 12.9. The second-order valence-corrected chi connectivity index (χ2v) is 4.05. The first kappa shape index (κ1) is 12.9. The second kappa shape index (κ2) is 5.39. The van der Waals surface area contributed by atoms with Gasteiger partial charge in [-0.05, 0) is 35.9 Å². The van der Waals surface area contributed by atoms with Crippen LogP contribution in [0.2, 0.25) is 0 Å². The molecular formula is C14H13FN2O2. The summed E-state index contributed by atoms with van der Waals surface area (Å²) in [6, 6.07) is 10.4. The van der Waals surface area contributed by atoms with Crippen molar-refractivity contribution < 1.29 is 13.9 Å². The van der Waals surface area contributed by atoms with Crippen LogP contribution >= 0.6 is 0 Å². The molecular weight excluding hydrogens is 247 g/mol. The third-order valence-electron chi connectivity index (χ3n) is 2.55. The van der Waals surface area contributed by atoms with Gasteiger partial charge in [0.15, 0.2) is 0 Å². The zero-order valence-corrected chi connectivity index (χ0v) is 10.1. The number of nitrogen functional groups attached to an aromatic ring is 2. The number of hydrogen-bond acceptors (Lipinski definition) is 4. The number of benzene rings is 2. The molecule has 0 radical (unpaired) electrons. The van der Waals surface area contributed by atoms with E-state index in [1.54, 1.807) is 18.2 Å². The van der Waals surface area contributed by atoms with Crippen molar-refractivity contribution in [1.82, 2.24) is 0 Å². The molecule has 5 heteroatoms. The largest absolute Gasteiger partial charge is 0.457 e. The fourth-order valence-corrected chi connectivity index (χ4v) is 1.62. The van der Waals surface area contributed by atoms with Crippen molar-refractivity contribution in [3.63, 3.8) is 0 Å². The topological polar surface area (TPSA) is 78.3 Å². The van der Waals surface area contributed by atoms with E-state index in [4.69, 9.17) is 16.2 Å².